The van der Waals surface area contributed by atoms with Crippen molar-refractivity contribution in [2.75, 3.05) is 7.05 Å². The summed E-state index contributed by atoms with van der Waals surface area (Å²) in [7, 11) is 1.86. The molecule has 0 atom stereocenters. The van der Waals surface area contributed by atoms with Gasteiger partial charge in [0.2, 0.25) is 5.91 Å². The lowest BCUT2D eigenvalue weighted by Crippen LogP contribution is -2.52. The summed E-state index contributed by atoms with van der Waals surface area (Å²) in [5.74, 6) is 0.0863. The number of hydrogen-bond donors (Lipinski definition) is 1. The molecule has 1 saturated carbocycles. The van der Waals surface area contributed by atoms with E-state index in [1.807, 2.05) is 7.05 Å². The van der Waals surface area contributed by atoms with E-state index in [9.17, 15) is 4.79 Å². The molecule has 0 aromatic carbocycles. The van der Waals surface area contributed by atoms with Crippen LogP contribution in [0.4, 0.5) is 0 Å². The first-order valence-corrected chi connectivity index (χ1v) is 8.42. The predicted octanol–water partition coefficient (Wildman–Crippen LogP) is 3.10. The van der Waals surface area contributed by atoms with Crippen LogP contribution in [0.3, 0.4) is 0 Å². The molecule has 0 bridgehead atoms. The van der Waals surface area contributed by atoms with E-state index in [0.29, 0.717) is 6.54 Å². The second-order valence-corrected chi connectivity index (χ2v) is 7.38. The van der Waals surface area contributed by atoms with E-state index in [0.717, 1.165) is 43.5 Å². The van der Waals surface area contributed by atoms with E-state index < -0.39 is 5.54 Å². The van der Waals surface area contributed by atoms with Crippen molar-refractivity contribution in [1.29, 1.82) is 0 Å². The minimum absolute atomic E-state index is 0. The van der Waals surface area contributed by atoms with E-state index in [-0.39, 0.29) is 30.7 Å². The molecule has 0 spiro atoms. The van der Waals surface area contributed by atoms with Gasteiger partial charge in [-0.1, -0.05) is 12.8 Å². The van der Waals surface area contributed by atoms with Gasteiger partial charge in [-0.2, -0.15) is 0 Å². The number of likely N-dealkylation sites (N-methyl/N-ethyl adjacent to an activating group) is 1. The van der Waals surface area contributed by atoms with Gasteiger partial charge in [-0.15, -0.1) is 36.2 Å². The van der Waals surface area contributed by atoms with Crippen molar-refractivity contribution in [3.8, 4) is 0 Å². The SMILES string of the molecule is CN(Cc1nc2c(s1)CCCC2)C(=O)C1(N)CCCC1.Cl.Cl. The highest BCUT2D eigenvalue weighted by molar-refractivity contribution is 7.11. The van der Waals surface area contributed by atoms with E-state index in [1.165, 1.54) is 23.4 Å². The molecule has 22 heavy (non-hydrogen) atoms. The van der Waals surface area contributed by atoms with Crippen molar-refractivity contribution in [1.82, 2.24) is 9.88 Å². The lowest BCUT2D eigenvalue weighted by Gasteiger charge is -2.28. The second-order valence-electron chi connectivity index (χ2n) is 6.21. The smallest absolute Gasteiger partial charge is 0.242 e. The number of amides is 1. The number of hydrogen-bond acceptors (Lipinski definition) is 4. The van der Waals surface area contributed by atoms with Crippen molar-refractivity contribution in [3.63, 3.8) is 0 Å². The van der Waals surface area contributed by atoms with E-state index in [1.54, 1.807) is 16.2 Å². The van der Waals surface area contributed by atoms with E-state index >= 15 is 0 Å². The molecule has 1 fully saturated rings. The van der Waals surface area contributed by atoms with Crippen molar-refractivity contribution < 1.29 is 4.79 Å². The third-order valence-corrected chi connectivity index (χ3v) is 5.67. The molecule has 1 amide bonds. The molecule has 1 aromatic rings. The summed E-state index contributed by atoms with van der Waals surface area (Å²) in [5, 5.41) is 1.06. The quantitative estimate of drug-likeness (QED) is 0.894. The summed E-state index contributed by atoms with van der Waals surface area (Å²) in [6.07, 6.45) is 8.57. The summed E-state index contributed by atoms with van der Waals surface area (Å²) in [6, 6.07) is 0. The van der Waals surface area contributed by atoms with E-state index in [4.69, 9.17) is 10.7 Å². The second kappa shape index (κ2) is 7.95. The van der Waals surface area contributed by atoms with Crippen LogP contribution in [0.25, 0.3) is 0 Å². The standard InChI is InChI=1S/C15H23N3OS.2ClH/c1-18(14(19)15(16)8-4-5-9-15)10-13-17-11-6-2-3-7-12(11)20-13;;/h2-10,16H2,1H3;2*1H. The third kappa shape index (κ3) is 3.94. The van der Waals surface area contributed by atoms with Gasteiger partial charge in [-0.25, -0.2) is 4.98 Å². The van der Waals surface area contributed by atoms with Gasteiger partial charge < -0.3 is 10.6 Å². The van der Waals surface area contributed by atoms with Crippen molar-refractivity contribution >= 4 is 42.1 Å². The van der Waals surface area contributed by atoms with Crippen LogP contribution in [0.5, 0.6) is 0 Å². The highest BCUT2D eigenvalue weighted by atomic mass is 35.5. The number of aromatic nitrogens is 1. The predicted molar refractivity (Wildman–Crippen MR) is 95.1 cm³/mol. The largest absolute Gasteiger partial charge is 0.337 e. The zero-order valence-electron chi connectivity index (χ0n) is 13.0. The van der Waals surface area contributed by atoms with Crippen LogP contribution in [0.1, 0.15) is 54.1 Å². The Kier molecular flexibility index (Phi) is 7.12. The van der Waals surface area contributed by atoms with Gasteiger partial charge in [0.15, 0.2) is 0 Å². The highest BCUT2D eigenvalue weighted by Gasteiger charge is 2.39. The van der Waals surface area contributed by atoms with Crippen LogP contribution >= 0.6 is 36.2 Å². The molecule has 0 unspecified atom stereocenters. The molecule has 0 radical (unpaired) electrons. The first-order chi connectivity index (χ1) is 9.58. The first-order valence-electron chi connectivity index (χ1n) is 7.60. The average Bonchev–Trinajstić information content (AvgIpc) is 3.04. The number of nitrogens with two attached hydrogens (primary N) is 1. The Balaban J connectivity index is 0.00000121. The van der Waals surface area contributed by atoms with Gasteiger partial charge in [-0.05, 0) is 38.5 Å². The zero-order valence-corrected chi connectivity index (χ0v) is 15.4. The number of carbonyl (C=O) groups excluding carboxylic acids is 1. The average molecular weight is 366 g/mol. The molecule has 7 heteroatoms. The van der Waals surface area contributed by atoms with Crippen LogP contribution in [0.2, 0.25) is 0 Å². The summed E-state index contributed by atoms with van der Waals surface area (Å²) < 4.78 is 0. The van der Waals surface area contributed by atoms with Crippen LogP contribution in [0.15, 0.2) is 0 Å². The zero-order chi connectivity index (χ0) is 14.2. The molecule has 0 aliphatic heterocycles. The Bertz CT molecular complexity index is 491. The maximum atomic E-state index is 12.5. The minimum atomic E-state index is -0.619. The number of halogens is 2. The fourth-order valence-corrected chi connectivity index (χ4v) is 4.56. The lowest BCUT2D eigenvalue weighted by molar-refractivity contribution is -0.136. The van der Waals surface area contributed by atoms with Crippen LogP contribution in [-0.4, -0.2) is 28.4 Å². The highest BCUT2D eigenvalue weighted by Crippen LogP contribution is 2.30. The first kappa shape index (κ1) is 19.7. The fourth-order valence-electron chi connectivity index (χ4n) is 3.35. The maximum Gasteiger partial charge on any atom is 0.242 e. The molecule has 4 nitrogen and oxygen atoms in total. The van der Waals surface area contributed by atoms with Crippen LogP contribution < -0.4 is 5.73 Å². The summed E-state index contributed by atoms with van der Waals surface area (Å²) >= 11 is 1.78. The Morgan fingerprint density at radius 3 is 2.50 bits per heavy atom. The molecule has 0 saturated heterocycles. The molecule has 126 valence electrons. The van der Waals surface area contributed by atoms with Crippen molar-refractivity contribution in [2.24, 2.45) is 5.73 Å². The Labute approximate surface area is 148 Å². The third-order valence-electron chi connectivity index (χ3n) is 4.53. The number of nitrogens with zero attached hydrogens (tertiary/aromatic N) is 2. The normalized spacial score (nSPS) is 18.8. The van der Waals surface area contributed by atoms with Crippen molar-refractivity contribution in [2.45, 2.75) is 63.5 Å². The fraction of sp³-hybridized carbons (Fsp3) is 0.733. The molecular weight excluding hydrogens is 341 g/mol. The number of fused-ring (bicyclic) bond motifs is 1. The summed E-state index contributed by atoms with van der Waals surface area (Å²) in [4.78, 5) is 20.4. The maximum absolute atomic E-state index is 12.5. The topological polar surface area (TPSA) is 59.2 Å². The van der Waals surface area contributed by atoms with Crippen molar-refractivity contribution in [3.05, 3.63) is 15.6 Å². The Morgan fingerprint density at radius 1 is 1.23 bits per heavy atom. The molecule has 1 heterocycles. The van der Waals surface area contributed by atoms with Crippen LogP contribution in [0, 0.1) is 0 Å². The molecule has 3 rings (SSSR count). The van der Waals surface area contributed by atoms with Gasteiger partial charge >= 0.3 is 0 Å². The summed E-state index contributed by atoms with van der Waals surface area (Å²) in [6.45, 7) is 0.607. The van der Waals surface area contributed by atoms with Crippen LogP contribution in [-0.2, 0) is 24.2 Å². The number of thiazole rings is 1. The molecule has 1 aromatic heterocycles. The molecule has 2 aliphatic carbocycles. The molecular formula is C15H25Cl2N3OS. The minimum Gasteiger partial charge on any atom is -0.337 e. The monoisotopic (exact) mass is 365 g/mol. The van der Waals surface area contributed by atoms with E-state index in [2.05, 4.69) is 0 Å². The molecule has 2 N–H and O–H groups in total. The lowest BCUT2D eigenvalue weighted by atomic mass is 9.97. The van der Waals surface area contributed by atoms with Gasteiger partial charge in [-0.3, -0.25) is 4.79 Å². The number of aryl methyl sites for hydroxylation is 2. The van der Waals surface area contributed by atoms with Gasteiger partial charge in [0, 0.05) is 11.9 Å². The summed E-state index contributed by atoms with van der Waals surface area (Å²) in [5.41, 5.74) is 6.89. The Hall–Kier alpha value is -0.360. The number of carbonyl (C=O) groups is 1. The van der Waals surface area contributed by atoms with Gasteiger partial charge in [0.25, 0.3) is 0 Å². The van der Waals surface area contributed by atoms with Gasteiger partial charge in [0.1, 0.15) is 5.01 Å². The van der Waals surface area contributed by atoms with Gasteiger partial charge in [0.05, 0.1) is 17.8 Å². The number of rotatable bonds is 3. The Morgan fingerprint density at radius 2 is 1.86 bits per heavy atom. The molecule has 2 aliphatic rings.